The molecule has 1 fully saturated rings. The number of carboxylic acids is 1. The lowest BCUT2D eigenvalue weighted by molar-refractivity contribution is -0.138. The molecule has 0 radical (unpaired) electrons. The predicted octanol–water partition coefficient (Wildman–Crippen LogP) is 1.52. The molecule has 1 heterocycles. The fourth-order valence-electron chi connectivity index (χ4n) is 2.27. The van der Waals surface area contributed by atoms with Gasteiger partial charge in [0, 0.05) is 6.04 Å². The van der Waals surface area contributed by atoms with Crippen LogP contribution in [0.2, 0.25) is 0 Å². The van der Waals surface area contributed by atoms with Gasteiger partial charge in [-0.1, -0.05) is 12.1 Å². The summed E-state index contributed by atoms with van der Waals surface area (Å²) in [4.78, 5) is 10.7. The average molecular weight is 221 g/mol. The SMILES string of the molecule is O=C(O)CC1CCNC1c1ccc(O)cc1. The van der Waals surface area contributed by atoms with E-state index < -0.39 is 5.97 Å². The van der Waals surface area contributed by atoms with E-state index in [0.717, 1.165) is 18.5 Å². The van der Waals surface area contributed by atoms with Gasteiger partial charge in [-0.3, -0.25) is 4.79 Å². The minimum Gasteiger partial charge on any atom is -0.508 e. The van der Waals surface area contributed by atoms with Gasteiger partial charge >= 0.3 is 5.97 Å². The second-order valence-electron chi connectivity index (χ2n) is 4.17. The van der Waals surface area contributed by atoms with E-state index in [2.05, 4.69) is 5.32 Å². The Balaban J connectivity index is 2.13. The molecule has 4 nitrogen and oxygen atoms in total. The van der Waals surface area contributed by atoms with Crippen molar-refractivity contribution in [1.82, 2.24) is 5.32 Å². The van der Waals surface area contributed by atoms with E-state index in [9.17, 15) is 9.90 Å². The van der Waals surface area contributed by atoms with Gasteiger partial charge in [0.25, 0.3) is 0 Å². The van der Waals surface area contributed by atoms with Crippen LogP contribution in [-0.4, -0.2) is 22.7 Å². The lowest BCUT2D eigenvalue weighted by Gasteiger charge is -2.18. The second kappa shape index (κ2) is 4.53. The lowest BCUT2D eigenvalue weighted by Crippen LogP contribution is -2.19. The number of rotatable bonds is 3. The first-order valence-electron chi connectivity index (χ1n) is 5.41. The van der Waals surface area contributed by atoms with Crippen molar-refractivity contribution in [3.63, 3.8) is 0 Å². The van der Waals surface area contributed by atoms with Gasteiger partial charge in [-0.2, -0.15) is 0 Å². The molecule has 1 aromatic rings. The van der Waals surface area contributed by atoms with Crippen LogP contribution < -0.4 is 5.32 Å². The fourth-order valence-corrected chi connectivity index (χ4v) is 2.27. The molecule has 2 atom stereocenters. The van der Waals surface area contributed by atoms with Crippen molar-refractivity contribution in [2.45, 2.75) is 18.9 Å². The van der Waals surface area contributed by atoms with Gasteiger partial charge in [0.1, 0.15) is 5.75 Å². The molecule has 1 aliphatic heterocycles. The molecule has 2 rings (SSSR count). The maximum absolute atomic E-state index is 10.7. The Morgan fingerprint density at radius 1 is 1.38 bits per heavy atom. The summed E-state index contributed by atoms with van der Waals surface area (Å²) >= 11 is 0. The summed E-state index contributed by atoms with van der Waals surface area (Å²) in [7, 11) is 0. The molecule has 16 heavy (non-hydrogen) atoms. The zero-order valence-electron chi connectivity index (χ0n) is 8.89. The van der Waals surface area contributed by atoms with Crippen LogP contribution in [0, 0.1) is 5.92 Å². The van der Waals surface area contributed by atoms with Crippen molar-refractivity contribution in [3.05, 3.63) is 29.8 Å². The van der Waals surface area contributed by atoms with Gasteiger partial charge < -0.3 is 15.5 Å². The largest absolute Gasteiger partial charge is 0.508 e. The fraction of sp³-hybridized carbons (Fsp3) is 0.417. The smallest absolute Gasteiger partial charge is 0.303 e. The number of hydrogen-bond acceptors (Lipinski definition) is 3. The molecule has 0 bridgehead atoms. The lowest BCUT2D eigenvalue weighted by atomic mass is 9.91. The zero-order chi connectivity index (χ0) is 11.5. The minimum absolute atomic E-state index is 0.0942. The van der Waals surface area contributed by atoms with E-state index >= 15 is 0 Å². The minimum atomic E-state index is -0.752. The van der Waals surface area contributed by atoms with Crippen molar-refractivity contribution in [1.29, 1.82) is 0 Å². The summed E-state index contributed by atoms with van der Waals surface area (Å²) in [5, 5.41) is 21.3. The number of phenols is 1. The van der Waals surface area contributed by atoms with E-state index in [1.165, 1.54) is 0 Å². The summed E-state index contributed by atoms with van der Waals surface area (Å²) in [6.07, 6.45) is 1.08. The monoisotopic (exact) mass is 221 g/mol. The van der Waals surface area contributed by atoms with Crippen LogP contribution in [-0.2, 0) is 4.79 Å². The van der Waals surface area contributed by atoms with E-state index in [1.807, 2.05) is 12.1 Å². The molecule has 1 aromatic carbocycles. The molecule has 1 aliphatic rings. The Kier molecular flexibility index (Phi) is 3.10. The summed E-state index contributed by atoms with van der Waals surface area (Å²) < 4.78 is 0. The van der Waals surface area contributed by atoms with Gasteiger partial charge in [0.2, 0.25) is 0 Å². The van der Waals surface area contributed by atoms with Gasteiger partial charge in [-0.15, -0.1) is 0 Å². The van der Waals surface area contributed by atoms with Gasteiger partial charge in [-0.25, -0.2) is 0 Å². The van der Waals surface area contributed by atoms with Crippen LogP contribution >= 0.6 is 0 Å². The maximum Gasteiger partial charge on any atom is 0.303 e. The Bertz CT molecular complexity index is 374. The average Bonchev–Trinajstić information content (AvgIpc) is 2.66. The van der Waals surface area contributed by atoms with Crippen molar-refractivity contribution in [3.8, 4) is 5.75 Å². The summed E-state index contributed by atoms with van der Waals surface area (Å²) in [6.45, 7) is 0.851. The number of hydrogen-bond donors (Lipinski definition) is 3. The number of phenolic OH excluding ortho intramolecular Hbond substituents is 1. The number of aromatic hydroxyl groups is 1. The molecule has 1 saturated heterocycles. The third kappa shape index (κ3) is 2.33. The highest BCUT2D eigenvalue weighted by Crippen LogP contribution is 2.32. The van der Waals surface area contributed by atoms with Crippen molar-refractivity contribution < 1.29 is 15.0 Å². The molecule has 2 unspecified atom stereocenters. The van der Waals surface area contributed by atoms with E-state index in [1.54, 1.807) is 12.1 Å². The van der Waals surface area contributed by atoms with Gasteiger partial charge in [0.15, 0.2) is 0 Å². The molecule has 3 N–H and O–H groups in total. The normalized spacial score (nSPS) is 24.5. The number of carboxylic acid groups (broad SMARTS) is 1. The first-order chi connectivity index (χ1) is 7.66. The topological polar surface area (TPSA) is 69.6 Å². The highest BCUT2D eigenvalue weighted by Gasteiger charge is 2.29. The van der Waals surface area contributed by atoms with Crippen LogP contribution in [0.4, 0.5) is 0 Å². The number of nitrogens with one attached hydrogen (secondary N) is 1. The molecule has 0 aromatic heterocycles. The van der Waals surface area contributed by atoms with E-state index in [4.69, 9.17) is 5.11 Å². The molecular formula is C12H15NO3. The molecule has 0 aliphatic carbocycles. The third-order valence-electron chi connectivity index (χ3n) is 3.04. The van der Waals surface area contributed by atoms with E-state index in [0.29, 0.717) is 0 Å². The van der Waals surface area contributed by atoms with Crippen LogP contribution in [0.1, 0.15) is 24.4 Å². The van der Waals surface area contributed by atoms with Crippen molar-refractivity contribution in [2.75, 3.05) is 6.54 Å². The van der Waals surface area contributed by atoms with Gasteiger partial charge in [-0.05, 0) is 36.6 Å². The molecular weight excluding hydrogens is 206 g/mol. The summed E-state index contributed by atoms with van der Waals surface area (Å²) in [5.41, 5.74) is 1.04. The molecule has 0 spiro atoms. The Morgan fingerprint density at radius 3 is 2.69 bits per heavy atom. The summed E-state index contributed by atoms with van der Waals surface area (Å²) in [6, 6.07) is 7.04. The molecule has 0 amide bonds. The number of carbonyl (C=O) groups is 1. The predicted molar refractivity (Wildman–Crippen MR) is 59.2 cm³/mol. The quantitative estimate of drug-likeness (QED) is 0.723. The second-order valence-corrected chi connectivity index (χ2v) is 4.17. The first-order valence-corrected chi connectivity index (χ1v) is 5.41. The van der Waals surface area contributed by atoms with Gasteiger partial charge in [0.05, 0.1) is 6.42 Å². The highest BCUT2D eigenvalue weighted by atomic mass is 16.4. The van der Waals surface area contributed by atoms with Crippen molar-refractivity contribution in [2.24, 2.45) is 5.92 Å². The van der Waals surface area contributed by atoms with Crippen LogP contribution in [0.5, 0.6) is 5.75 Å². The first kappa shape index (κ1) is 11.0. The molecule has 86 valence electrons. The number of aliphatic carboxylic acids is 1. The Labute approximate surface area is 93.9 Å². The highest BCUT2D eigenvalue weighted by molar-refractivity contribution is 5.67. The summed E-state index contributed by atoms with van der Waals surface area (Å²) in [5.74, 6) is -0.379. The molecule has 4 heteroatoms. The number of benzene rings is 1. The van der Waals surface area contributed by atoms with Crippen molar-refractivity contribution >= 4 is 5.97 Å². The zero-order valence-corrected chi connectivity index (χ0v) is 8.89. The third-order valence-corrected chi connectivity index (χ3v) is 3.04. The van der Waals surface area contributed by atoms with Crippen LogP contribution in [0.25, 0.3) is 0 Å². The van der Waals surface area contributed by atoms with Crippen LogP contribution in [0.15, 0.2) is 24.3 Å². The maximum atomic E-state index is 10.7. The Morgan fingerprint density at radius 2 is 2.06 bits per heavy atom. The van der Waals surface area contributed by atoms with Crippen LogP contribution in [0.3, 0.4) is 0 Å². The van der Waals surface area contributed by atoms with E-state index in [-0.39, 0.29) is 24.1 Å². The molecule has 0 saturated carbocycles. The Hall–Kier alpha value is -1.55. The standard InChI is InChI=1S/C12H15NO3/c14-10-3-1-8(2-4-10)12-9(5-6-13-12)7-11(15)16/h1-4,9,12-14H,5-7H2,(H,15,16).